The highest BCUT2D eigenvalue weighted by Gasteiger charge is 2.20. The highest BCUT2D eigenvalue weighted by Crippen LogP contribution is 2.22. The Morgan fingerprint density at radius 1 is 1.05 bits per heavy atom. The van der Waals surface area contributed by atoms with Gasteiger partial charge < -0.3 is 9.80 Å². The first kappa shape index (κ1) is 14.1. The zero-order chi connectivity index (χ0) is 14.7. The van der Waals surface area contributed by atoms with Gasteiger partial charge in [-0.25, -0.2) is 14.4 Å². The molecule has 21 heavy (non-hydrogen) atoms. The van der Waals surface area contributed by atoms with E-state index < -0.39 is 0 Å². The van der Waals surface area contributed by atoms with E-state index in [0.29, 0.717) is 5.69 Å². The summed E-state index contributed by atoms with van der Waals surface area (Å²) < 4.78 is 13.8. The van der Waals surface area contributed by atoms with Crippen molar-refractivity contribution in [3.63, 3.8) is 0 Å². The molecule has 0 unspecified atom stereocenters. The van der Waals surface area contributed by atoms with Crippen LogP contribution in [0.25, 0.3) is 0 Å². The molecule has 0 atom stereocenters. The zero-order valence-corrected chi connectivity index (χ0v) is 12.7. The lowest BCUT2D eigenvalue weighted by Gasteiger charge is -2.36. The van der Waals surface area contributed by atoms with E-state index >= 15 is 0 Å². The molecule has 3 rings (SSSR count). The normalized spacial score (nSPS) is 15.3. The van der Waals surface area contributed by atoms with Gasteiger partial charge in [-0.3, -0.25) is 0 Å². The van der Waals surface area contributed by atoms with Crippen LogP contribution in [0.2, 0.25) is 0 Å². The molecule has 4 nitrogen and oxygen atoms in total. The number of thioether (sulfide) groups is 1. The van der Waals surface area contributed by atoms with Crippen LogP contribution in [-0.2, 0) is 0 Å². The molecule has 2 aromatic rings. The summed E-state index contributed by atoms with van der Waals surface area (Å²) in [6.07, 6.45) is 3.76. The first-order chi connectivity index (χ1) is 10.3. The largest absolute Gasteiger partial charge is 0.366 e. The van der Waals surface area contributed by atoms with E-state index in [1.54, 1.807) is 12.3 Å². The van der Waals surface area contributed by atoms with E-state index in [0.717, 1.165) is 37.2 Å². The minimum Gasteiger partial charge on any atom is -0.366 e. The predicted octanol–water partition coefficient (Wildman–Crippen LogP) is 2.66. The second kappa shape index (κ2) is 6.30. The molecule has 1 aromatic heterocycles. The fourth-order valence-electron chi connectivity index (χ4n) is 2.49. The molecule has 1 fully saturated rings. The van der Waals surface area contributed by atoms with Crippen LogP contribution in [0.3, 0.4) is 0 Å². The molecular formula is C15H17FN4S. The maximum absolute atomic E-state index is 13.8. The molecule has 0 bridgehead atoms. The molecule has 0 amide bonds. The van der Waals surface area contributed by atoms with E-state index in [1.165, 1.54) is 17.8 Å². The molecule has 2 heterocycles. The standard InChI is InChI=1S/C15H17FN4S/c1-21-15-17-7-6-14(18-15)20-10-8-19(9-11-20)13-5-3-2-4-12(13)16/h2-7H,8-11H2,1H3. The number of halogens is 1. The molecular weight excluding hydrogens is 287 g/mol. The fourth-order valence-corrected chi connectivity index (χ4v) is 2.84. The van der Waals surface area contributed by atoms with E-state index in [4.69, 9.17) is 0 Å². The average molecular weight is 304 g/mol. The molecule has 110 valence electrons. The quantitative estimate of drug-likeness (QED) is 0.643. The maximum Gasteiger partial charge on any atom is 0.189 e. The summed E-state index contributed by atoms with van der Waals surface area (Å²) in [6.45, 7) is 3.25. The molecule has 0 saturated carbocycles. The van der Waals surface area contributed by atoms with Crippen molar-refractivity contribution >= 4 is 23.3 Å². The van der Waals surface area contributed by atoms with Gasteiger partial charge >= 0.3 is 0 Å². The van der Waals surface area contributed by atoms with Gasteiger partial charge in [0.15, 0.2) is 5.16 Å². The summed E-state index contributed by atoms with van der Waals surface area (Å²) >= 11 is 1.54. The Morgan fingerprint density at radius 2 is 1.76 bits per heavy atom. The highest BCUT2D eigenvalue weighted by atomic mass is 32.2. The van der Waals surface area contributed by atoms with Crippen LogP contribution in [0.5, 0.6) is 0 Å². The van der Waals surface area contributed by atoms with Crippen LogP contribution in [0, 0.1) is 5.82 Å². The molecule has 0 N–H and O–H groups in total. The van der Waals surface area contributed by atoms with Crippen molar-refractivity contribution in [2.24, 2.45) is 0 Å². The number of benzene rings is 1. The molecule has 0 aliphatic carbocycles. The second-order valence-electron chi connectivity index (χ2n) is 4.83. The number of piperazine rings is 1. The zero-order valence-electron chi connectivity index (χ0n) is 11.9. The van der Waals surface area contributed by atoms with Gasteiger partial charge in [0.1, 0.15) is 11.6 Å². The van der Waals surface area contributed by atoms with Gasteiger partial charge in [-0.05, 0) is 24.5 Å². The Morgan fingerprint density at radius 3 is 2.48 bits per heavy atom. The minimum absolute atomic E-state index is 0.155. The Balaban J connectivity index is 1.69. The van der Waals surface area contributed by atoms with Crippen molar-refractivity contribution in [1.29, 1.82) is 0 Å². The van der Waals surface area contributed by atoms with Gasteiger partial charge in [0.05, 0.1) is 5.69 Å². The van der Waals surface area contributed by atoms with E-state index in [1.807, 2.05) is 24.5 Å². The molecule has 1 aliphatic heterocycles. The molecule has 1 aromatic carbocycles. The molecule has 1 aliphatic rings. The van der Waals surface area contributed by atoms with Gasteiger partial charge in [-0.2, -0.15) is 0 Å². The molecule has 6 heteroatoms. The summed E-state index contributed by atoms with van der Waals surface area (Å²) in [5.41, 5.74) is 0.685. The van der Waals surface area contributed by atoms with Gasteiger partial charge in [0.2, 0.25) is 0 Å². The lowest BCUT2D eigenvalue weighted by molar-refractivity contribution is 0.595. The third-order valence-corrected chi connectivity index (χ3v) is 4.16. The summed E-state index contributed by atoms with van der Waals surface area (Å²) in [7, 11) is 0. The number of para-hydroxylation sites is 1. The first-order valence-corrected chi connectivity index (χ1v) is 8.12. The Bertz CT molecular complexity index is 614. The van der Waals surface area contributed by atoms with Gasteiger partial charge in [0, 0.05) is 32.4 Å². The summed E-state index contributed by atoms with van der Waals surface area (Å²) in [5.74, 6) is 0.792. The van der Waals surface area contributed by atoms with Gasteiger partial charge in [-0.15, -0.1) is 0 Å². The Kier molecular flexibility index (Phi) is 4.24. The third-order valence-electron chi connectivity index (χ3n) is 3.60. The third kappa shape index (κ3) is 3.10. The minimum atomic E-state index is -0.155. The van der Waals surface area contributed by atoms with Crippen LogP contribution < -0.4 is 9.80 Å². The second-order valence-corrected chi connectivity index (χ2v) is 5.60. The highest BCUT2D eigenvalue weighted by molar-refractivity contribution is 7.98. The maximum atomic E-state index is 13.8. The van der Waals surface area contributed by atoms with Crippen molar-refractivity contribution < 1.29 is 4.39 Å². The van der Waals surface area contributed by atoms with Crippen LogP contribution in [0.1, 0.15) is 0 Å². The number of aromatic nitrogens is 2. The number of hydrogen-bond donors (Lipinski definition) is 0. The van der Waals surface area contributed by atoms with Crippen LogP contribution in [0.15, 0.2) is 41.7 Å². The first-order valence-electron chi connectivity index (χ1n) is 6.89. The average Bonchev–Trinajstić information content (AvgIpc) is 2.56. The lowest BCUT2D eigenvalue weighted by atomic mass is 10.2. The number of rotatable bonds is 3. The van der Waals surface area contributed by atoms with Gasteiger partial charge in [0.25, 0.3) is 0 Å². The van der Waals surface area contributed by atoms with Crippen molar-refractivity contribution in [3.8, 4) is 0 Å². The molecule has 1 saturated heterocycles. The van der Waals surface area contributed by atoms with E-state index in [-0.39, 0.29) is 5.82 Å². The SMILES string of the molecule is CSc1nccc(N2CCN(c3ccccc3F)CC2)n1. The lowest BCUT2D eigenvalue weighted by Crippen LogP contribution is -2.47. The molecule has 0 spiro atoms. The number of nitrogens with zero attached hydrogens (tertiary/aromatic N) is 4. The van der Waals surface area contributed by atoms with E-state index in [9.17, 15) is 4.39 Å². The summed E-state index contributed by atoms with van der Waals surface area (Å²) in [5, 5.41) is 0.782. The summed E-state index contributed by atoms with van der Waals surface area (Å²) in [4.78, 5) is 13.0. The van der Waals surface area contributed by atoms with Crippen molar-refractivity contribution in [2.75, 3.05) is 42.2 Å². The van der Waals surface area contributed by atoms with Crippen LogP contribution in [0.4, 0.5) is 15.9 Å². The monoisotopic (exact) mass is 304 g/mol. The fraction of sp³-hybridized carbons (Fsp3) is 0.333. The van der Waals surface area contributed by atoms with Crippen molar-refractivity contribution in [3.05, 3.63) is 42.3 Å². The van der Waals surface area contributed by atoms with Crippen LogP contribution in [-0.4, -0.2) is 42.4 Å². The van der Waals surface area contributed by atoms with Crippen LogP contribution >= 0.6 is 11.8 Å². The smallest absolute Gasteiger partial charge is 0.189 e. The van der Waals surface area contributed by atoms with E-state index in [2.05, 4.69) is 19.8 Å². The topological polar surface area (TPSA) is 32.3 Å². The van der Waals surface area contributed by atoms with Gasteiger partial charge in [-0.1, -0.05) is 23.9 Å². The Labute approximate surface area is 128 Å². The Hall–Kier alpha value is -1.82. The molecule has 0 radical (unpaired) electrons. The van der Waals surface area contributed by atoms with Crippen molar-refractivity contribution in [2.45, 2.75) is 5.16 Å². The number of anilines is 2. The summed E-state index contributed by atoms with van der Waals surface area (Å²) in [6, 6.07) is 8.87. The van der Waals surface area contributed by atoms with Crippen molar-refractivity contribution in [1.82, 2.24) is 9.97 Å². The number of hydrogen-bond acceptors (Lipinski definition) is 5. The predicted molar refractivity (Wildman–Crippen MR) is 84.6 cm³/mol.